The zero-order chi connectivity index (χ0) is 11.0. The number of carbonyl (C=O) groups excluding carboxylic acids is 1. The molecule has 0 saturated carbocycles. The van der Waals surface area contributed by atoms with E-state index in [1.807, 2.05) is 6.07 Å². The topological polar surface area (TPSA) is 55.1 Å². The van der Waals surface area contributed by atoms with Crippen LogP contribution in [0, 0.1) is 0 Å². The molecule has 3 nitrogen and oxygen atoms in total. The average molecular weight is 241 g/mol. The number of hydrogen-bond donors (Lipinski definition) is 2. The molecule has 15 heavy (non-hydrogen) atoms. The van der Waals surface area contributed by atoms with Crippen molar-refractivity contribution in [2.75, 3.05) is 12.8 Å². The molecule has 0 aliphatic heterocycles. The molecule has 1 amide bonds. The molecular weight excluding hydrogens is 232 g/mol. The second-order valence-corrected chi connectivity index (χ2v) is 4.55. The van der Waals surface area contributed by atoms with E-state index >= 15 is 0 Å². The quantitative estimate of drug-likeness (QED) is 0.805. The molecule has 0 spiro atoms. The van der Waals surface area contributed by atoms with Crippen molar-refractivity contribution in [3.63, 3.8) is 0 Å². The highest BCUT2D eigenvalue weighted by Gasteiger charge is 2.14. The van der Waals surface area contributed by atoms with E-state index in [2.05, 4.69) is 5.32 Å². The third-order valence-corrected chi connectivity index (χ3v) is 3.54. The van der Waals surface area contributed by atoms with E-state index in [4.69, 9.17) is 17.3 Å². The fourth-order valence-corrected chi connectivity index (χ4v) is 2.59. The SMILES string of the molecule is CNC(=O)c1sc2ccc(Cl)cc2c1N. The number of nitrogens with one attached hydrogen (secondary N) is 1. The van der Waals surface area contributed by atoms with Crippen molar-refractivity contribution in [2.24, 2.45) is 0 Å². The molecule has 0 bridgehead atoms. The van der Waals surface area contributed by atoms with E-state index < -0.39 is 0 Å². The molecule has 3 N–H and O–H groups in total. The summed E-state index contributed by atoms with van der Waals surface area (Å²) in [6.45, 7) is 0. The molecule has 0 fully saturated rings. The van der Waals surface area contributed by atoms with Gasteiger partial charge in [0.25, 0.3) is 5.91 Å². The van der Waals surface area contributed by atoms with Crippen molar-refractivity contribution in [3.8, 4) is 0 Å². The van der Waals surface area contributed by atoms with Crippen LogP contribution in [0.5, 0.6) is 0 Å². The summed E-state index contributed by atoms with van der Waals surface area (Å²) in [5, 5.41) is 4.02. The fourth-order valence-electron chi connectivity index (χ4n) is 1.37. The highest BCUT2D eigenvalue weighted by atomic mass is 35.5. The number of carbonyl (C=O) groups is 1. The minimum atomic E-state index is -0.162. The van der Waals surface area contributed by atoms with Gasteiger partial charge in [0, 0.05) is 22.2 Å². The summed E-state index contributed by atoms with van der Waals surface area (Å²) in [6, 6.07) is 5.42. The fraction of sp³-hybridized carbons (Fsp3) is 0.100. The van der Waals surface area contributed by atoms with Gasteiger partial charge in [-0.3, -0.25) is 4.79 Å². The van der Waals surface area contributed by atoms with Gasteiger partial charge in [-0.25, -0.2) is 0 Å². The Morgan fingerprint density at radius 3 is 2.93 bits per heavy atom. The van der Waals surface area contributed by atoms with Crippen LogP contribution in [0.1, 0.15) is 9.67 Å². The van der Waals surface area contributed by atoms with Crippen molar-refractivity contribution >= 4 is 44.6 Å². The van der Waals surface area contributed by atoms with Crippen LogP contribution < -0.4 is 11.1 Å². The van der Waals surface area contributed by atoms with Gasteiger partial charge < -0.3 is 11.1 Å². The summed E-state index contributed by atoms with van der Waals surface area (Å²) in [6.07, 6.45) is 0. The number of halogens is 1. The van der Waals surface area contributed by atoms with Gasteiger partial charge in [0.1, 0.15) is 4.88 Å². The molecule has 0 atom stereocenters. The largest absolute Gasteiger partial charge is 0.397 e. The van der Waals surface area contributed by atoms with Crippen molar-refractivity contribution in [1.29, 1.82) is 0 Å². The Kier molecular flexibility index (Phi) is 2.54. The van der Waals surface area contributed by atoms with Crippen LogP contribution in [0.15, 0.2) is 18.2 Å². The van der Waals surface area contributed by atoms with Crippen molar-refractivity contribution in [3.05, 3.63) is 28.1 Å². The standard InChI is InChI=1S/C10H9ClN2OS/c1-13-10(14)9-8(12)6-4-5(11)2-3-7(6)15-9/h2-4H,12H2,1H3,(H,13,14). The molecule has 2 aromatic rings. The van der Waals surface area contributed by atoms with Gasteiger partial charge in [0.05, 0.1) is 5.69 Å². The van der Waals surface area contributed by atoms with Gasteiger partial charge in [-0.2, -0.15) is 0 Å². The highest BCUT2D eigenvalue weighted by Crippen LogP contribution is 2.34. The predicted octanol–water partition coefficient (Wildman–Crippen LogP) is 2.50. The van der Waals surface area contributed by atoms with E-state index in [-0.39, 0.29) is 5.91 Å². The number of anilines is 1. The van der Waals surface area contributed by atoms with Gasteiger partial charge in [0.2, 0.25) is 0 Å². The van der Waals surface area contributed by atoms with Gasteiger partial charge in [-0.1, -0.05) is 11.6 Å². The van der Waals surface area contributed by atoms with Crippen LogP contribution in [-0.4, -0.2) is 13.0 Å². The Hall–Kier alpha value is -1.26. The molecule has 5 heteroatoms. The monoisotopic (exact) mass is 240 g/mol. The molecule has 1 aromatic carbocycles. The van der Waals surface area contributed by atoms with Crippen LogP contribution in [0.3, 0.4) is 0 Å². The number of rotatable bonds is 1. The first-order valence-electron chi connectivity index (χ1n) is 4.33. The van der Waals surface area contributed by atoms with Gasteiger partial charge in [0.15, 0.2) is 0 Å². The zero-order valence-corrected chi connectivity index (χ0v) is 9.58. The Morgan fingerprint density at radius 2 is 2.27 bits per heavy atom. The first kappa shape index (κ1) is 10.3. The lowest BCUT2D eigenvalue weighted by atomic mass is 10.2. The number of amides is 1. The number of nitrogens with two attached hydrogens (primary N) is 1. The number of thiophene rings is 1. The van der Waals surface area contributed by atoms with Crippen LogP contribution in [-0.2, 0) is 0 Å². The summed E-state index contributed by atoms with van der Waals surface area (Å²) < 4.78 is 0.968. The number of hydrogen-bond acceptors (Lipinski definition) is 3. The van der Waals surface area contributed by atoms with Crippen molar-refractivity contribution in [2.45, 2.75) is 0 Å². The van der Waals surface area contributed by atoms with E-state index in [0.29, 0.717) is 15.6 Å². The van der Waals surface area contributed by atoms with Gasteiger partial charge in [-0.15, -0.1) is 11.3 Å². The first-order chi connectivity index (χ1) is 7.13. The van der Waals surface area contributed by atoms with Crippen LogP contribution in [0.2, 0.25) is 5.02 Å². The number of benzene rings is 1. The lowest BCUT2D eigenvalue weighted by Crippen LogP contribution is -2.17. The van der Waals surface area contributed by atoms with Crippen molar-refractivity contribution < 1.29 is 4.79 Å². The van der Waals surface area contributed by atoms with Crippen LogP contribution >= 0.6 is 22.9 Å². The lowest BCUT2D eigenvalue weighted by molar-refractivity contribution is 0.0968. The van der Waals surface area contributed by atoms with E-state index in [9.17, 15) is 4.79 Å². The van der Waals surface area contributed by atoms with Crippen LogP contribution in [0.25, 0.3) is 10.1 Å². The molecule has 0 saturated heterocycles. The van der Waals surface area contributed by atoms with Gasteiger partial charge in [-0.05, 0) is 18.2 Å². The molecule has 2 rings (SSSR count). The summed E-state index contributed by atoms with van der Waals surface area (Å²) >= 11 is 7.23. The predicted molar refractivity (Wildman–Crippen MR) is 64.6 cm³/mol. The average Bonchev–Trinajstić information content (AvgIpc) is 2.55. The number of fused-ring (bicyclic) bond motifs is 1. The minimum absolute atomic E-state index is 0.162. The third-order valence-electron chi connectivity index (χ3n) is 2.12. The molecule has 1 aromatic heterocycles. The summed E-state index contributed by atoms with van der Waals surface area (Å²) in [4.78, 5) is 12.0. The van der Waals surface area contributed by atoms with Gasteiger partial charge >= 0.3 is 0 Å². The zero-order valence-electron chi connectivity index (χ0n) is 8.00. The Balaban J connectivity index is 2.69. The molecular formula is C10H9ClN2OS. The van der Waals surface area contributed by atoms with E-state index in [1.165, 1.54) is 11.3 Å². The third kappa shape index (κ3) is 1.66. The Morgan fingerprint density at radius 1 is 1.53 bits per heavy atom. The number of nitrogen functional groups attached to an aromatic ring is 1. The van der Waals surface area contributed by atoms with E-state index in [0.717, 1.165) is 10.1 Å². The second kappa shape index (κ2) is 3.72. The summed E-state index contributed by atoms with van der Waals surface area (Å²) in [7, 11) is 1.58. The second-order valence-electron chi connectivity index (χ2n) is 3.06. The highest BCUT2D eigenvalue weighted by molar-refractivity contribution is 7.21. The minimum Gasteiger partial charge on any atom is -0.397 e. The normalized spacial score (nSPS) is 10.5. The first-order valence-corrected chi connectivity index (χ1v) is 5.52. The molecule has 1 heterocycles. The summed E-state index contributed by atoms with van der Waals surface area (Å²) in [5.74, 6) is -0.162. The molecule has 0 aliphatic rings. The molecule has 78 valence electrons. The van der Waals surface area contributed by atoms with E-state index in [1.54, 1.807) is 19.2 Å². The maximum Gasteiger partial charge on any atom is 0.263 e. The summed E-state index contributed by atoms with van der Waals surface area (Å²) in [5.41, 5.74) is 6.37. The smallest absolute Gasteiger partial charge is 0.263 e. The molecule has 0 aliphatic carbocycles. The molecule has 0 unspecified atom stereocenters. The maximum absolute atomic E-state index is 11.5. The maximum atomic E-state index is 11.5. The van der Waals surface area contributed by atoms with Crippen molar-refractivity contribution in [1.82, 2.24) is 5.32 Å². The molecule has 0 radical (unpaired) electrons. The van der Waals surface area contributed by atoms with Crippen LogP contribution in [0.4, 0.5) is 5.69 Å². The lowest BCUT2D eigenvalue weighted by Gasteiger charge is -1.96. The Bertz CT molecular complexity index is 535. The Labute approximate surface area is 95.8 Å².